The lowest BCUT2D eigenvalue weighted by atomic mass is 10.1. The van der Waals surface area contributed by atoms with E-state index in [9.17, 15) is 4.79 Å². The van der Waals surface area contributed by atoms with E-state index >= 15 is 0 Å². The van der Waals surface area contributed by atoms with Gasteiger partial charge in [0, 0.05) is 12.1 Å². The molecule has 4 rings (SSSR count). The van der Waals surface area contributed by atoms with E-state index in [2.05, 4.69) is 25.9 Å². The smallest absolute Gasteiger partial charge is 0.236 e. The second-order valence-corrected chi connectivity index (χ2v) is 7.70. The van der Waals surface area contributed by atoms with Gasteiger partial charge in [-0.2, -0.15) is 9.78 Å². The Balaban J connectivity index is 1.46. The number of aromatic nitrogens is 6. The second kappa shape index (κ2) is 9.00. The monoisotopic (exact) mass is 435 g/mol. The molecule has 10 heteroatoms. The average molecular weight is 436 g/mol. The third-order valence-electron chi connectivity index (χ3n) is 4.79. The normalized spacial score (nSPS) is 10.8. The summed E-state index contributed by atoms with van der Waals surface area (Å²) in [6.07, 6.45) is 1.63. The molecule has 0 radical (unpaired) electrons. The Morgan fingerprint density at radius 2 is 1.97 bits per heavy atom. The Bertz CT molecular complexity index is 1220. The Morgan fingerprint density at radius 1 is 1.13 bits per heavy atom. The van der Waals surface area contributed by atoms with E-state index in [-0.39, 0.29) is 11.7 Å². The fraction of sp³-hybridized carbons (Fsp3) is 0.190. The zero-order valence-corrected chi connectivity index (χ0v) is 18.1. The van der Waals surface area contributed by atoms with E-state index in [1.54, 1.807) is 28.7 Å². The van der Waals surface area contributed by atoms with Crippen LogP contribution in [0.25, 0.3) is 11.4 Å². The first-order chi connectivity index (χ1) is 15.1. The molecule has 0 saturated carbocycles. The maximum absolute atomic E-state index is 12.6. The Labute approximate surface area is 183 Å². The lowest BCUT2D eigenvalue weighted by molar-refractivity contribution is -0.113. The number of hydrogen-bond acceptors (Lipinski definition) is 7. The number of tetrazole rings is 1. The van der Waals surface area contributed by atoms with E-state index < -0.39 is 0 Å². The van der Waals surface area contributed by atoms with Crippen molar-refractivity contribution in [1.29, 1.82) is 0 Å². The van der Waals surface area contributed by atoms with Crippen molar-refractivity contribution in [2.24, 2.45) is 0 Å². The molecule has 0 aliphatic rings. The van der Waals surface area contributed by atoms with Gasteiger partial charge in [0.1, 0.15) is 11.6 Å². The highest BCUT2D eigenvalue weighted by atomic mass is 32.2. The topological polar surface area (TPSA) is 99.8 Å². The number of carbonyl (C=O) groups is 1. The van der Waals surface area contributed by atoms with Gasteiger partial charge in [0.25, 0.3) is 0 Å². The Kier molecular flexibility index (Phi) is 5.99. The number of rotatable bonds is 7. The van der Waals surface area contributed by atoms with Gasteiger partial charge >= 0.3 is 0 Å². The summed E-state index contributed by atoms with van der Waals surface area (Å²) in [5.41, 5.74) is 3.91. The van der Waals surface area contributed by atoms with Gasteiger partial charge in [0.05, 0.1) is 30.4 Å². The molecule has 1 amide bonds. The first kappa shape index (κ1) is 20.6. The maximum atomic E-state index is 12.6. The van der Waals surface area contributed by atoms with E-state index in [4.69, 9.17) is 4.74 Å². The van der Waals surface area contributed by atoms with E-state index in [0.717, 1.165) is 22.5 Å². The number of nitrogens with one attached hydrogen (secondary N) is 1. The van der Waals surface area contributed by atoms with Crippen LogP contribution >= 0.6 is 11.8 Å². The highest BCUT2D eigenvalue weighted by Gasteiger charge is 2.15. The molecule has 9 nitrogen and oxygen atoms in total. The van der Waals surface area contributed by atoms with E-state index in [0.29, 0.717) is 16.7 Å². The van der Waals surface area contributed by atoms with Crippen LogP contribution in [0.3, 0.4) is 0 Å². The molecule has 2 aromatic heterocycles. The number of hydrogen-bond donors (Lipinski definition) is 1. The van der Waals surface area contributed by atoms with Crippen LogP contribution in [0.15, 0.2) is 59.9 Å². The van der Waals surface area contributed by atoms with Gasteiger partial charge in [-0.05, 0) is 53.6 Å². The summed E-state index contributed by atoms with van der Waals surface area (Å²) in [4.78, 5) is 12.6. The molecule has 0 aliphatic heterocycles. The molecule has 0 saturated heterocycles. The number of nitrogens with zero attached hydrogens (tertiary/aromatic N) is 6. The van der Waals surface area contributed by atoms with Gasteiger partial charge in [-0.25, -0.2) is 4.68 Å². The average Bonchev–Trinajstić information content (AvgIpc) is 3.44. The minimum absolute atomic E-state index is 0.147. The van der Waals surface area contributed by atoms with Crippen LogP contribution in [0.1, 0.15) is 11.1 Å². The number of anilines is 1. The molecule has 158 valence electrons. The number of carbonyl (C=O) groups excluding carboxylic acids is 1. The lowest BCUT2D eigenvalue weighted by Crippen LogP contribution is -2.17. The molecule has 31 heavy (non-hydrogen) atoms. The summed E-state index contributed by atoms with van der Waals surface area (Å²) in [5.74, 6) is 1.23. The molecule has 0 bridgehead atoms. The number of amides is 1. The molecule has 0 unspecified atom stereocenters. The van der Waals surface area contributed by atoms with Crippen molar-refractivity contribution in [3.05, 3.63) is 65.9 Å². The predicted molar refractivity (Wildman–Crippen MR) is 118 cm³/mol. The molecular formula is C21H21N7O2S. The minimum atomic E-state index is -0.190. The van der Waals surface area contributed by atoms with Gasteiger partial charge < -0.3 is 10.1 Å². The van der Waals surface area contributed by atoms with Crippen LogP contribution in [-0.2, 0) is 4.79 Å². The van der Waals surface area contributed by atoms with Crippen molar-refractivity contribution in [3.8, 4) is 17.1 Å². The van der Waals surface area contributed by atoms with Gasteiger partial charge in [-0.3, -0.25) is 4.79 Å². The van der Waals surface area contributed by atoms with Crippen LogP contribution in [0.4, 0.5) is 5.82 Å². The van der Waals surface area contributed by atoms with Crippen LogP contribution in [0, 0.1) is 13.8 Å². The molecule has 2 heterocycles. The SMILES string of the molecule is COc1cccc(-n2nccc2NC(=O)CSc2nnnn2-c2cccc(C)c2C)c1. The number of aryl methyl sites for hydroxylation is 1. The number of thioether (sulfide) groups is 1. The zero-order chi connectivity index (χ0) is 21.8. The predicted octanol–water partition coefficient (Wildman–Crippen LogP) is 3.20. The second-order valence-electron chi connectivity index (χ2n) is 6.76. The summed E-state index contributed by atoms with van der Waals surface area (Å²) in [6.45, 7) is 4.06. The molecule has 1 N–H and O–H groups in total. The molecule has 2 aromatic carbocycles. The maximum Gasteiger partial charge on any atom is 0.236 e. The first-order valence-corrected chi connectivity index (χ1v) is 10.5. The number of ether oxygens (including phenoxy) is 1. The van der Waals surface area contributed by atoms with Gasteiger partial charge in [0.15, 0.2) is 0 Å². The molecule has 0 spiro atoms. The van der Waals surface area contributed by atoms with Crippen molar-refractivity contribution in [3.63, 3.8) is 0 Å². The fourth-order valence-corrected chi connectivity index (χ4v) is 3.72. The van der Waals surface area contributed by atoms with Crippen molar-refractivity contribution in [1.82, 2.24) is 30.0 Å². The molecule has 4 aromatic rings. The highest BCUT2D eigenvalue weighted by molar-refractivity contribution is 7.99. The molecular weight excluding hydrogens is 414 g/mol. The van der Waals surface area contributed by atoms with Crippen LogP contribution in [-0.4, -0.2) is 48.8 Å². The number of methoxy groups -OCH3 is 1. The molecule has 0 fully saturated rings. The Hall–Kier alpha value is -3.66. The quantitative estimate of drug-likeness (QED) is 0.445. The van der Waals surface area contributed by atoms with Crippen molar-refractivity contribution in [2.75, 3.05) is 18.2 Å². The minimum Gasteiger partial charge on any atom is -0.497 e. The van der Waals surface area contributed by atoms with Gasteiger partial charge in [-0.15, -0.1) is 5.10 Å². The molecule has 0 aliphatic carbocycles. The first-order valence-electron chi connectivity index (χ1n) is 9.53. The van der Waals surface area contributed by atoms with Crippen LogP contribution < -0.4 is 10.1 Å². The largest absolute Gasteiger partial charge is 0.497 e. The van der Waals surface area contributed by atoms with Gasteiger partial charge in [-0.1, -0.05) is 30.0 Å². The fourth-order valence-electron chi connectivity index (χ4n) is 3.04. The lowest BCUT2D eigenvalue weighted by Gasteiger charge is -2.11. The van der Waals surface area contributed by atoms with E-state index in [1.807, 2.05) is 56.3 Å². The summed E-state index contributed by atoms with van der Waals surface area (Å²) >= 11 is 1.27. The van der Waals surface area contributed by atoms with Gasteiger partial charge in [0.2, 0.25) is 11.1 Å². The highest BCUT2D eigenvalue weighted by Crippen LogP contribution is 2.23. The zero-order valence-electron chi connectivity index (χ0n) is 17.3. The van der Waals surface area contributed by atoms with Crippen LogP contribution in [0.2, 0.25) is 0 Å². The van der Waals surface area contributed by atoms with Crippen molar-refractivity contribution in [2.45, 2.75) is 19.0 Å². The van der Waals surface area contributed by atoms with E-state index in [1.165, 1.54) is 11.8 Å². The summed E-state index contributed by atoms with van der Waals surface area (Å²) in [5, 5.41) is 19.7. The standard InChI is InChI=1S/C21H21N7O2S/c1-14-6-4-9-18(15(14)2)28-21(24-25-26-28)31-13-20(29)23-19-10-11-22-27(19)16-7-5-8-17(12-16)30-3/h4-12H,13H2,1-3H3,(H,23,29). The van der Waals surface area contributed by atoms with Crippen molar-refractivity contribution >= 4 is 23.5 Å². The summed E-state index contributed by atoms with van der Waals surface area (Å²) < 4.78 is 8.56. The molecule has 0 atom stereocenters. The summed E-state index contributed by atoms with van der Waals surface area (Å²) in [6, 6.07) is 15.1. The van der Waals surface area contributed by atoms with Crippen molar-refractivity contribution < 1.29 is 9.53 Å². The Morgan fingerprint density at radius 3 is 2.81 bits per heavy atom. The number of benzene rings is 2. The third kappa shape index (κ3) is 4.43. The summed E-state index contributed by atoms with van der Waals surface area (Å²) in [7, 11) is 1.61. The third-order valence-corrected chi connectivity index (χ3v) is 5.70. The van der Waals surface area contributed by atoms with Crippen LogP contribution in [0.5, 0.6) is 5.75 Å².